The maximum Gasteiger partial charge on any atom is 0.183 e. The predicted molar refractivity (Wildman–Crippen MR) is 94.8 cm³/mol. The zero-order chi connectivity index (χ0) is 19.9. The van der Waals surface area contributed by atoms with Crippen LogP contribution in [0.25, 0.3) is 0 Å². The SMILES string of the molecule is CC1(C)CC[C@H](O)C23CO[C@](O)(C[C@H](O)C12)C12C(=O)[C@]4(CO4)[C@H](CC[C@@H]31)[C@H]2O. The summed E-state index contributed by atoms with van der Waals surface area (Å²) >= 11 is 0. The van der Waals surface area contributed by atoms with Crippen molar-refractivity contribution in [3.05, 3.63) is 0 Å². The second kappa shape index (κ2) is 4.84. The predicted octanol–water partition coefficient (Wildman–Crippen LogP) is -0.0215. The van der Waals surface area contributed by atoms with E-state index in [1.807, 2.05) is 0 Å². The van der Waals surface area contributed by atoms with Crippen molar-refractivity contribution in [1.82, 2.24) is 0 Å². The van der Waals surface area contributed by atoms with Gasteiger partial charge in [-0.2, -0.15) is 0 Å². The van der Waals surface area contributed by atoms with E-state index in [4.69, 9.17) is 9.47 Å². The summed E-state index contributed by atoms with van der Waals surface area (Å²) in [6.45, 7) is 4.55. The second-order valence-corrected chi connectivity index (χ2v) is 11.0. The molecule has 3 aliphatic heterocycles. The number of aliphatic hydroxyl groups excluding tert-OH is 3. The van der Waals surface area contributed by atoms with Gasteiger partial charge >= 0.3 is 0 Å². The molecular weight excluding hydrogens is 364 g/mol. The molecule has 7 fully saturated rings. The molecule has 4 aliphatic carbocycles. The van der Waals surface area contributed by atoms with Gasteiger partial charge in [-0.05, 0) is 37.0 Å². The number of fused-ring (bicyclic) bond motifs is 4. The quantitative estimate of drug-likeness (QED) is 0.426. The Morgan fingerprint density at radius 3 is 2.43 bits per heavy atom. The average molecular weight is 394 g/mol. The van der Waals surface area contributed by atoms with Crippen LogP contribution in [0.4, 0.5) is 0 Å². The third-order valence-corrected chi connectivity index (χ3v) is 9.81. The Labute approximate surface area is 164 Å². The lowest BCUT2D eigenvalue weighted by atomic mass is 9.43. The van der Waals surface area contributed by atoms with Gasteiger partial charge < -0.3 is 29.9 Å². The minimum absolute atomic E-state index is 0.0980. The monoisotopic (exact) mass is 394 g/mol. The Morgan fingerprint density at radius 2 is 1.75 bits per heavy atom. The molecule has 28 heavy (non-hydrogen) atoms. The second-order valence-electron chi connectivity index (χ2n) is 11.0. The Kier molecular flexibility index (Phi) is 3.15. The summed E-state index contributed by atoms with van der Waals surface area (Å²) in [5.41, 5.74) is -3.72. The lowest BCUT2D eigenvalue weighted by Gasteiger charge is -2.65. The van der Waals surface area contributed by atoms with Crippen molar-refractivity contribution in [3.8, 4) is 0 Å². The van der Waals surface area contributed by atoms with E-state index < -0.39 is 46.4 Å². The van der Waals surface area contributed by atoms with Crippen LogP contribution in [-0.2, 0) is 14.3 Å². The van der Waals surface area contributed by atoms with E-state index in [9.17, 15) is 25.2 Å². The van der Waals surface area contributed by atoms with E-state index in [2.05, 4.69) is 13.8 Å². The summed E-state index contributed by atoms with van der Waals surface area (Å²) in [4.78, 5) is 13.8. The molecule has 0 aromatic rings. The molecule has 10 atom stereocenters. The summed E-state index contributed by atoms with van der Waals surface area (Å²) in [7, 11) is 0. The van der Waals surface area contributed by atoms with Gasteiger partial charge in [0, 0.05) is 23.7 Å². The van der Waals surface area contributed by atoms with Crippen molar-refractivity contribution >= 4 is 5.78 Å². The molecule has 0 aromatic heterocycles. The van der Waals surface area contributed by atoms with Gasteiger partial charge in [-0.15, -0.1) is 0 Å². The number of rotatable bonds is 0. The summed E-state index contributed by atoms with van der Waals surface area (Å²) in [5, 5.41) is 45.8. The molecule has 4 bridgehead atoms. The zero-order valence-electron chi connectivity index (χ0n) is 16.4. The largest absolute Gasteiger partial charge is 0.393 e. The standard InChI is InChI=1S/C21H30O7/c1-17(2)6-5-13(23)18-8-28-20(26,7-11(22)14(17)18)21-12(18)4-3-10(15(21)24)19(9-27-19)16(21)25/h10-15,22-24,26H,3-9H2,1-2H3/t10-,11+,12+,13+,14?,15-,18?,19+,20-,21?/m1/s1. The third kappa shape index (κ3) is 1.57. The number of aliphatic hydroxyl groups is 4. The Balaban J connectivity index is 1.64. The highest BCUT2D eigenvalue weighted by atomic mass is 16.6. The van der Waals surface area contributed by atoms with Crippen LogP contribution in [0.5, 0.6) is 0 Å². The van der Waals surface area contributed by atoms with Crippen molar-refractivity contribution in [2.45, 2.75) is 75.7 Å². The van der Waals surface area contributed by atoms with Crippen molar-refractivity contribution < 1.29 is 34.7 Å². The lowest BCUT2D eigenvalue weighted by Crippen LogP contribution is -2.73. The molecule has 3 heterocycles. The summed E-state index contributed by atoms with van der Waals surface area (Å²) in [5.74, 6) is -3.35. The van der Waals surface area contributed by atoms with Crippen molar-refractivity contribution in [2.75, 3.05) is 13.2 Å². The van der Waals surface area contributed by atoms with Gasteiger partial charge in [-0.25, -0.2) is 0 Å². The maximum absolute atomic E-state index is 13.8. The fourth-order valence-corrected chi connectivity index (χ4v) is 8.83. The summed E-state index contributed by atoms with van der Waals surface area (Å²) in [6, 6.07) is 0. The smallest absolute Gasteiger partial charge is 0.183 e. The summed E-state index contributed by atoms with van der Waals surface area (Å²) in [6.07, 6.45) is -0.357. The number of carbonyl (C=O) groups excluding carboxylic acids is 1. The highest BCUT2D eigenvalue weighted by Gasteiger charge is 2.88. The van der Waals surface area contributed by atoms with Crippen LogP contribution >= 0.6 is 0 Å². The highest BCUT2D eigenvalue weighted by molar-refractivity contribution is 6.00. The first-order valence-corrected chi connectivity index (χ1v) is 10.7. The number of hydrogen-bond acceptors (Lipinski definition) is 7. The molecule has 0 aromatic carbocycles. The van der Waals surface area contributed by atoms with Gasteiger partial charge in [0.2, 0.25) is 0 Å². The van der Waals surface area contributed by atoms with Crippen LogP contribution in [0.2, 0.25) is 0 Å². The first-order chi connectivity index (χ1) is 13.1. The van der Waals surface area contributed by atoms with Gasteiger partial charge in [-0.3, -0.25) is 4.79 Å². The molecule has 7 rings (SSSR count). The Morgan fingerprint density at radius 1 is 1.04 bits per heavy atom. The average Bonchev–Trinajstić information content (AvgIpc) is 3.42. The number of Topliss-reactive ketones (excluding diaryl/α,β-unsaturated/α-hetero) is 1. The highest BCUT2D eigenvalue weighted by Crippen LogP contribution is 2.76. The first kappa shape index (κ1) is 18.2. The van der Waals surface area contributed by atoms with Crippen molar-refractivity contribution in [3.63, 3.8) is 0 Å². The molecule has 156 valence electrons. The first-order valence-electron chi connectivity index (χ1n) is 10.7. The fourth-order valence-electron chi connectivity index (χ4n) is 8.83. The molecule has 4 N–H and O–H groups in total. The minimum atomic E-state index is -1.94. The summed E-state index contributed by atoms with van der Waals surface area (Å²) < 4.78 is 11.7. The minimum Gasteiger partial charge on any atom is -0.393 e. The molecule has 3 spiro atoms. The molecule has 7 heteroatoms. The van der Waals surface area contributed by atoms with Crippen LogP contribution in [0.3, 0.4) is 0 Å². The van der Waals surface area contributed by atoms with Crippen LogP contribution in [-0.4, -0.2) is 69.1 Å². The molecule has 4 saturated carbocycles. The van der Waals surface area contributed by atoms with E-state index in [1.54, 1.807) is 0 Å². The topological polar surface area (TPSA) is 120 Å². The van der Waals surface area contributed by atoms with E-state index in [-0.39, 0.29) is 42.7 Å². The van der Waals surface area contributed by atoms with Crippen LogP contribution in [0.15, 0.2) is 0 Å². The van der Waals surface area contributed by atoms with Gasteiger partial charge in [0.15, 0.2) is 17.2 Å². The number of hydrogen-bond donors (Lipinski definition) is 4. The number of carbonyl (C=O) groups is 1. The van der Waals surface area contributed by atoms with Crippen LogP contribution in [0.1, 0.15) is 46.0 Å². The Bertz CT molecular complexity index is 762. The van der Waals surface area contributed by atoms with Gasteiger partial charge in [-0.1, -0.05) is 13.8 Å². The van der Waals surface area contributed by atoms with Crippen LogP contribution < -0.4 is 0 Å². The van der Waals surface area contributed by atoms with Crippen molar-refractivity contribution in [1.29, 1.82) is 0 Å². The normalized spacial score (nSPS) is 63.7. The third-order valence-electron chi connectivity index (χ3n) is 9.81. The molecular formula is C21H30O7. The van der Waals surface area contributed by atoms with E-state index in [0.717, 1.165) is 6.42 Å². The molecule has 7 nitrogen and oxygen atoms in total. The van der Waals surface area contributed by atoms with Crippen molar-refractivity contribution in [2.24, 2.45) is 34.0 Å². The van der Waals surface area contributed by atoms with Gasteiger partial charge in [0.1, 0.15) is 5.41 Å². The Hall–Kier alpha value is -0.570. The number of ketones is 1. The molecule has 7 aliphatic rings. The fraction of sp³-hybridized carbons (Fsp3) is 0.952. The van der Waals surface area contributed by atoms with E-state index in [1.165, 1.54) is 0 Å². The van der Waals surface area contributed by atoms with E-state index in [0.29, 0.717) is 19.3 Å². The lowest BCUT2D eigenvalue weighted by molar-refractivity contribution is -0.364. The number of epoxide rings is 1. The van der Waals surface area contributed by atoms with Gasteiger partial charge in [0.05, 0.1) is 31.5 Å². The molecule has 0 radical (unpaired) electrons. The van der Waals surface area contributed by atoms with Gasteiger partial charge in [0.25, 0.3) is 0 Å². The maximum atomic E-state index is 13.8. The molecule has 3 saturated heterocycles. The number of ether oxygens (including phenoxy) is 2. The zero-order valence-corrected chi connectivity index (χ0v) is 16.4. The molecule has 0 amide bonds. The van der Waals surface area contributed by atoms with E-state index >= 15 is 0 Å². The molecule has 3 unspecified atom stereocenters. The van der Waals surface area contributed by atoms with Crippen LogP contribution in [0, 0.1) is 34.0 Å².